The van der Waals surface area contributed by atoms with E-state index in [1.54, 1.807) is 0 Å². The van der Waals surface area contributed by atoms with Gasteiger partial charge in [-0.2, -0.15) is 5.10 Å². The second-order valence-electron chi connectivity index (χ2n) is 5.77. The lowest BCUT2D eigenvalue weighted by Gasteiger charge is -2.14. The number of nitrogens with one attached hydrogen (secondary N) is 1. The van der Waals surface area contributed by atoms with E-state index >= 15 is 0 Å². The van der Waals surface area contributed by atoms with Gasteiger partial charge in [0.15, 0.2) is 5.69 Å². The van der Waals surface area contributed by atoms with E-state index in [-0.39, 0.29) is 18.9 Å². The van der Waals surface area contributed by atoms with E-state index in [0.717, 1.165) is 47.1 Å². The van der Waals surface area contributed by atoms with Crippen molar-refractivity contribution in [2.45, 2.75) is 32.1 Å². The maximum absolute atomic E-state index is 12.4. The highest BCUT2D eigenvalue weighted by Crippen LogP contribution is 2.27. The van der Waals surface area contributed by atoms with Crippen LogP contribution in [0.3, 0.4) is 0 Å². The average Bonchev–Trinajstić information content (AvgIpc) is 2.94. The molecule has 1 aliphatic rings. The Morgan fingerprint density at radius 2 is 2.08 bits per heavy atom. The van der Waals surface area contributed by atoms with Crippen LogP contribution >= 0.6 is 15.9 Å². The van der Waals surface area contributed by atoms with Gasteiger partial charge < -0.3 is 10.4 Å². The zero-order valence-electron chi connectivity index (χ0n) is 13.1. The van der Waals surface area contributed by atoms with Crippen LogP contribution < -0.4 is 5.32 Å². The number of carboxylic acids is 1. The molecule has 1 aliphatic carbocycles. The number of aliphatic carboxylic acids is 1. The number of amides is 1. The Morgan fingerprint density at radius 1 is 1.29 bits per heavy atom. The maximum atomic E-state index is 12.4. The van der Waals surface area contributed by atoms with Gasteiger partial charge in [-0.05, 0) is 43.9 Å². The van der Waals surface area contributed by atoms with Crippen molar-refractivity contribution in [1.29, 1.82) is 0 Å². The topological polar surface area (TPSA) is 84.2 Å². The van der Waals surface area contributed by atoms with Crippen molar-refractivity contribution in [2.24, 2.45) is 0 Å². The SMILES string of the molecule is O=C(O)CCNC(=O)c1nn(-c2cccc(Br)c2)c2c1CCCC2. The van der Waals surface area contributed by atoms with Gasteiger partial charge in [0.25, 0.3) is 5.91 Å². The number of rotatable bonds is 5. The molecule has 6 nitrogen and oxygen atoms in total. The minimum Gasteiger partial charge on any atom is -0.481 e. The van der Waals surface area contributed by atoms with Gasteiger partial charge in [0.1, 0.15) is 0 Å². The second kappa shape index (κ2) is 7.17. The van der Waals surface area contributed by atoms with Crippen molar-refractivity contribution in [3.63, 3.8) is 0 Å². The number of fused-ring (bicyclic) bond motifs is 1. The van der Waals surface area contributed by atoms with Crippen molar-refractivity contribution in [1.82, 2.24) is 15.1 Å². The summed E-state index contributed by atoms with van der Waals surface area (Å²) in [5.41, 5.74) is 3.37. The Kier molecular flexibility index (Phi) is 4.99. The smallest absolute Gasteiger partial charge is 0.305 e. The number of hydrogen-bond donors (Lipinski definition) is 2. The van der Waals surface area contributed by atoms with Crippen LogP contribution in [0, 0.1) is 0 Å². The fourth-order valence-corrected chi connectivity index (χ4v) is 3.36. The Balaban J connectivity index is 1.93. The van der Waals surface area contributed by atoms with Gasteiger partial charge >= 0.3 is 5.97 Å². The predicted molar refractivity (Wildman–Crippen MR) is 92.5 cm³/mol. The molecule has 24 heavy (non-hydrogen) atoms. The van der Waals surface area contributed by atoms with Crippen LogP contribution in [-0.2, 0) is 17.6 Å². The minimum absolute atomic E-state index is 0.0970. The lowest BCUT2D eigenvalue weighted by molar-refractivity contribution is -0.136. The van der Waals surface area contributed by atoms with Crippen LogP contribution in [-0.4, -0.2) is 33.3 Å². The first-order chi connectivity index (χ1) is 11.6. The number of hydrogen-bond acceptors (Lipinski definition) is 3. The zero-order valence-corrected chi connectivity index (χ0v) is 14.7. The van der Waals surface area contributed by atoms with E-state index in [4.69, 9.17) is 5.11 Å². The molecule has 0 atom stereocenters. The predicted octanol–water partition coefficient (Wildman–Crippen LogP) is 2.72. The van der Waals surface area contributed by atoms with Crippen molar-refractivity contribution in [2.75, 3.05) is 6.54 Å². The molecule has 0 fully saturated rings. The first kappa shape index (κ1) is 16.7. The number of nitrogens with zero attached hydrogens (tertiary/aromatic N) is 2. The number of carbonyl (C=O) groups is 2. The number of carbonyl (C=O) groups excluding carboxylic acids is 1. The molecular formula is C17H18BrN3O3. The lowest BCUT2D eigenvalue weighted by Crippen LogP contribution is -2.27. The minimum atomic E-state index is -0.933. The number of carboxylic acid groups (broad SMARTS) is 1. The van der Waals surface area contributed by atoms with Crippen LogP contribution in [0.25, 0.3) is 5.69 Å². The van der Waals surface area contributed by atoms with Crippen molar-refractivity contribution >= 4 is 27.8 Å². The third kappa shape index (κ3) is 3.51. The largest absolute Gasteiger partial charge is 0.481 e. The molecule has 2 N–H and O–H groups in total. The molecule has 0 unspecified atom stereocenters. The number of aromatic nitrogens is 2. The first-order valence-corrected chi connectivity index (χ1v) is 8.72. The van der Waals surface area contributed by atoms with E-state index in [2.05, 4.69) is 26.3 Å². The fraction of sp³-hybridized carbons (Fsp3) is 0.353. The van der Waals surface area contributed by atoms with Crippen molar-refractivity contribution in [3.8, 4) is 5.69 Å². The van der Waals surface area contributed by atoms with Gasteiger partial charge in [-0.25, -0.2) is 4.68 Å². The van der Waals surface area contributed by atoms with E-state index < -0.39 is 5.97 Å². The molecule has 0 aliphatic heterocycles. The fourth-order valence-electron chi connectivity index (χ4n) is 2.97. The van der Waals surface area contributed by atoms with Crippen LogP contribution in [0.1, 0.15) is 41.0 Å². The third-order valence-electron chi connectivity index (χ3n) is 4.07. The number of benzene rings is 1. The van der Waals surface area contributed by atoms with Crippen LogP contribution in [0.15, 0.2) is 28.7 Å². The molecule has 1 aromatic carbocycles. The van der Waals surface area contributed by atoms with E-state index in [0.29, 0.717) is 5.69 Å². The molecular weight excluding hydrogens is 374 g/mol. The van der Waals surface area contributed by atoms with Gasteiger partial charge in [0, 0.05) is 22.3 Å². The Morgan fingerprint density at radius 3 is 2.83 bits per heavy atom. The third-order valence-corrected chi connectivity index (χ3v) is 4.57. The first-order valence-electron chi connectivity index (χ1n) is 7.93. The Hall–Kier alpha value is -2.15. The highest BCUT2D eigenvalue weighted by Gasteiger charge is 2.25. The molecule has 7 heteroatoms. The lowest BCUT2D eigenvalue weighted by atomic mass is 9.95. The molecule has 0 saturated heterocycles. The normalized spacial score (nSPS) is 13.4. The molecule has 1 amide bonds. The summed E-state index contributed by atoms with van der Waals surface area (Å²) in [5.74, 6) is -1.24. The number of halogens is 1. The van der Waals surface area contributed by atoms with Crippen LogP contribution in [0.5, 0.6) is 0 Å². The quantitative estimate of drug-likeness (QED) is 0.820. The van der Waals surface area contributed by atoms with Gasteiger partial charge in [0.05, 0.1) is 12.1 Å². The molecule has 3 rings (SSSR count). The molecule has 0 bridgehead atoms. The molecule has 126 valence electrons. The van der Waals surface area contributed by atoms with E-state index in [9.17, 15) is 9.59 Å². The summed E-state index contributed by atoms with van der Waals surface area (Å²) in [6.45, 7) is 0.104. The van der Waals surface area contributed by atoms with Crippen LogP contribution in [0.2, 0.25) is 0 Å². The molecule has 1 heterocycles. The highest BCUT2D eigenvalue weighted by atomic mass is 79.9. The van der Waals surface area contributed by atoms with Crippen LogP contribution in [0.4, 0.5) is 0 Å². The maximum Gasteiger partial charge on any atom is 0.305 e. The summed E-state index contributed by atoms with van der Waals surface area (Å²) in [5, 5.41) is 15.9. The van der Waals surface area contributed by atoms with E-state index in [1.165, 1.54) is 0 Å². The Bertz CT molecular complexity index is 785. The standard InChI is InChI=1S/C17H18BrN3O3/c18-11-4-3-5-12(10-11)21-14-7-2-1-6-13(14)16(20-21)17(24)19-9-8-15(22)23/h3-5,10H,1-2,6-9H2,(H,19,24)(H,22,23). The molecule has 0 saturated carbocycles. The molecule has 2 aromatic rings. The van der Waals surface area contributed by atoms with Gasteiger partial charge in [-0.3, -0.25) is 9.59 Å². The highest BCUT2D eigenvalue weighted by molar-refractivity contribution is 9.10. The molecule has 0 radical (unpaired) electrons. The molecule has 0 spiro atoms. The summed E-state index contributed by atoms with van der Waals surface area (Å²) in [6, 6.07) is 7.80. The summed E-state index contributed by atoms with van der Waals surface area (Å²) >= 11 is 3.46. The zero-order chi connectivity index (χ0) is 17.1. The monoisotopic (exact) mass is 391 g/mol. The van der Waals surface area contributed by atoms with Crippen molar-refractivity contribution < 1.29 is 14.7 Å². The summed E-state index contributed by atoms with van der Waals surface area (Å²) in [6.07, 6.45) is 3.72. The van der Waals surface area contributed by atoms with Gasteiger partial charge in [-0.1, -0.05) is 22.0 Å². The molecule has 1 aromatic heterocycles. The van der Waals surface area contributed by atoms with Crippen molar-refractivity contribution in [3.05, 3.63) is 45.7 Å². The summed E-state index contributed by atoms with van der Waals surface area (Å²) < 4.78 is 2.79. The van der Waals surface area contributed by atoms with E-state index in [1.807, 2.05) is 28.9 Å². The summed E-state index contributed by atoms with van der Waals surface area (Å²) in [4.78, 5) is 23.0. The Labute approximate surface area is 148 Å². The van der Waals surface area contributed by atoms with Gasteiger partial charge in [-0.15, -0.1) is 0 Å². The second-order valence-corrected chi connectivity index (χ2v) is 6.69. The average molecular weight is 392 g/mol. The van der Waals surface area contributed by atoms with Gasteiger partial charge in [0.2, 0.25) is 0 Å². The summed E-state index contributed by atoms with van der Waals surface area (Å²) in [7, 11) is 0.